The second-order valence-corrected chi connectivity index (χ2v) is 4.61. The zero-order valence-electron chi connectivity index (χ0n) is 10.6. The van der Waals surface area contributed by atoms with Crippen molar-refractivity contribution in [1.29, 1.82) is 0 Å². The molecule has 1 rings (SSSR count). The Bertz CT molecular complexity index is 403. The highest BCUT2D eigenvalue weighted by Gasteiger charge is 2.15. The van der Waals surface area contributed by atoms with Crippen LogP contribution in [0.15, 0.2) is 12.1 Å². The van der Waals surface area contributed by atoms with Crippen LogP contribution in [0.1, 0.15) is 19.5 Å². The Kier molecular flexibility index (Phi) is 4.31. The van der Waals surface area contributed by atoms with Crippen molar-refractivity contribution in [3.63, 3.8) is 0 Å². The van der Waals surface area contributed by atoms with E-state index >= 15 is 0 Å². The molecule has 1 heterocycles. The number of amides is 1. The van der Waals surface area contributed by atoms with E-state index in [1.165, 1.54) is 0 Å². The van der Waals surface area contributed by atoms with Crippen LogP contribution in [0.2, 0.25) is 0 Å². The summed E-state index contributed by atoms with van der Waals surface area (Å²) in [5.74, 6) is 0.655. The molecule has 0 saturated heterocycles. The lowest BCUT2D eigenvalue weighted by Crippen LogP contribution is -2.37. The van der Waals surface area contributed by atoms with Gasteiger partial charge in [-0.3, -0.25) is 4.79 Å². The molecule has 1 amide bonds. The number of rotatable bonds is 5. The number of nitrogen functional groups attached to an aromatic ring is 1. The highest BCUT2D eigenvalue weighted by Crippen LogP contribution is 2.21. The summed E-state index contributed by atoms with van der Waals surface area (Å²) in [7, 11) is 0. The lowest BCUT2D eigenvalue weighted by molar-refractivity contribution is -0.116. The highest BCUT2D eigenvalue weighted by atomic mass is 16.1. The van der Waals surface area contributed by atoms with Crippen LogP contribution in [-0.2, 0) is 4.79 Å². The molecule has 0 unspecified atom stereocenters. The maximum Gasteiger partial charge on any atom is 0.236 e. The van der Waals surface area contributed by atoms with Crippen molar-refractivity contribution in [1.82, 2.24) is 4.98 Å². The Morgan fingerprint density at radius 3 is 2.65 bits per heavy atom. The molecule has 94 valence electrons. The van der Waals surface area contributed by atoms with Gasteiger partial charge in [-0.2, -0.15) is 0 Å². The Morgan fingerprint density at radius 1 is 1.47 bits per heavy atom. The number of nitrogens with zero attached hydrogens (tertiary/aromatic N) is 2. The van der Waals surface area contributed by atoms with Gasteiger partial charge in [0.05, 0.1) is 12.2 Å². The third kappa shape index (κ3) is 3.94. The molecular formula is C12H20N4O. The minimum Gasteiger partial charge on any atom is -0.396 e. The van der Waals surface area contributed by atoms with E-state index in [1.807, 2.05) is 17.9 Å². The molecule has 0 aromatic carbocycles. The van der Waals surface area contributed by atoms with E-state index in [2.05, 4.69) is 18.8 Å². The van der Waals surface area contributed by atoms with Gasteiger partial charge in [-0.15, -0.1) is 0 Å². The average molecular weight is 236 g/mol. The van der Waals surface area contributed by atoms with Crippen LogP contribution >= 0.6 is 0 Å². The normalized spacial score (nSPS) is 10.6. The molecule has 4 N–H and O–H groups in total. The van der Waals surface area contributed by atoms with Crippen molar-refractivity contribution < 1.29 is 4.79 Å². The van der Waals surface area contributed by atoms with Crippen LogP contribution < -0.4 is 16.4 Å². The quantitative estimate of drug-likeness (QED) is 0.796. The monoisotopic (exact) mass is 236 g/mol. The molecule has 0 bridgehead atoms. The number of carbonyl (C=O) groups excluding carboxylic acids is 1. The molecule has 0 atom stereocenters. The fourth-order valence-electron chi connectivity index (χ4n) is 1.66. The van der Waals surface area contributed by atoms with E-state index < -0.39 is 0 Å². The standard InChI is InChI=1S/C12H20N4O/c1-8(2)6-16(7-11(14)17)12-10(13)5-4-9(3)15-12/h4-5,8H,6-7,13H2,1-3H3,(H2,14,17). The molecular weight excluding hydrogens is 216 g/mol. The topological polar surface area (TPSA) is 85.2 Å². The number of hydrogen-bond acceptors (Lipinski definition) is 4. The lowest BCUT2D eigenvalue weighted by Gasteiger charge is -2.25. The molecule has 0 radical (unpaired) electrons. The van der Waals surface area contributed by atoms with Gasteiger partial charge >= 0.3 is 0 Å². The minimum atomic E-state index is -0.381. The fourth-order valence-corrected chi connectivity index (χ4v) is 1.66. The fraction of sp³-hybridized carbons (Fsp3) is 0.500. The number of aromatic nitrogens is 1. The summed E-state index contributed by atoms with van der Waals surface area (Å²) in [6.45, 7) is 6.86. The van der Waals surface area contributed by atoms with Gasteiger partial charge in [0, 0.05) is 12.2 Å². The first-order valence-corrected chi connectivity index (χ1v) is 5.66. The van der Waals surface area contributed by atoms with Crippen LogP contribution in [0.5, 0.6) is 0 Å². The number of primary amides is 1. The van der Waals surface area contributed by atoms with Gasteiger partial charge in [-0.05, 0) is 25.0 Å². The largest absolute Gasteiger partial charge is 0.396 e. The lowest BCUT2D eigenvalue weighted by atomic mass is 10.2. The Balaban J connectivity index is 3.02. The van der Waals surface area contributed by atoms with Gasteiger partial charge in [-0.1, -0.05) is 13.8 Å². The van der Waals surface area contributed by atoms with Gasteiger partial charge in [0.1, 0.15) is 0 Å². The summed E-state index contributed by atoms with van der Waals surface area (Å²) in [5, 5.41) is 0. The first-order valence-electron chi connectivity index (χ1n) is 5.66. The second-order valence-electron chi connectivity index (χ2n) is 4.61. The number of aryl methyl sites for hydroxylation is 1. The van der Waals surface area contributed by atoms with E-state index in [-0.39, 0.29) is 12.5 Å². The zero-order chi connectivity index (χ0) is 13.0. The van der Waals surface area contributed by atoms with Gasteiger partial charge in [0.15, 0.2) is 5.82 Å². The summed E-state index contributed by atoms with van der Waals surface area (Å²) in [4.78, 5) is 17.3. The molecule has 0 aliphatic rings. The molecule has 0 aliphatic carbocycles. The van der Waals surface area contributed by atoms with E-state index in [9.17, 15) is 4.79 Å². The van der Waals surface area contributed by atoms with Gasteiger partial charge in [-0.25, -0.2) is 4.98 Å². The summed E-state index contributed by atoms with van der Waals surface area (Å²) >= 11 is 0. The van der Waals surface area contributed by atoms with Crippen LogP contribution in [0.3, 0.4) is 0 Å². The number of nitrogens with two attached hydrogens (primary N) is 2. The number of anilines is 2. The van der Waals surface area contributed by atoms with Gasteiger partial charge in [0.2, 0.25) is 5.91 Å². The summed E-state index contributed by atoms with van der Waals surface area (Å²) in [6, 6.07) is 3.64. The Hall–Kier alpha value is -1.78. The minimum absolute atomic E-state index is 0.138. The van der Waals surface area contributed by atoms with E-state index in [1.54, 1.807) is 6.07 Å². The molecule has 0 aliphatic heterocycles. The molecule has 1 aromatic heterocycles. The summed E-state index contributed by atoms with van der Waals surface area (Å²) in [5.41, 5.74) is 12.6. The molecule has 17 heavy (non-hydrogen) atoms. The number of hydrogen-bond donors (Lipinski definition) is 2. The zero-order valence-corrected chi connectivity index (χ0v) is 10.6. The molecule has 0 spiro atoms. The van der Waals surface area contributed by atoms with Crippen LogP contribution in [-0.4, -0.2) is 24.0 Å². The summed E-state index contributed by atoms with van der Waals surface area (Å²) < 4.78 is 0. The maximum atomic E-state index is 11.1. The third-order valence-electron chi connectivity index (χ3n) is 2.28. The van der Waals surface area contributed by atoms with Gasteiger partial charge < -0.3 is 16.4 Å². The van der Waals surface area contributed by atoms with Gasteiger partial charge in [0.25, 0.3) is 0 Å². The SMILES string of the molecule is Cc1ccc(N)c(N(CC(N)=O)CC(C)C)n1. The van der Waals surface area contributed by atoms with Crippen LogP contribution in [0, 0.1) is 12.8 Å². The predicted molar refractivity (Wildman–Crippen MR) is 69.6 cm³/mol. The molecule has 1 aromatic rings. The Labute approximate surface area is 102 Å². The van der Waals surface area contributed by atoms with E-state index in [0.29, 0.717) is 24.0 Å². The van der Waals surface area contributed by atoms with E-state index in [4.69, 9.17) is 11.5 Å². The predicted octanol–water partition coefficient (Wildman–Crippen LogP) is 0.920. The van der Waals surface area contributed by atoms with Crippen molar-refractivity contribution in [3.05, 3.63) is 17.8 Å². The number of pyridine rings is 1. The highest BCUT2D eigenvalue weighted by molar-refractivity contribution is 5.80. The first kappa shape index (κ1) is 13.3. The molecule has 0 saturated carbocycles. The van der Waals surface area contributed by atoms with Crippen molar-refractivity contribution in [2.75, 3.05) is 23.7 Å². The summed E-state index contributed by atoms with van der Waals surface area (Å²) in [6.07, 6.45) is 0. The van der Waals surface area contributed by atoms with E-state index in [0.717, 1.165) is 5.69 Å². The Morgan fingerprint density at radius 2 is 2.12 bits per heavy atom. The van der Waals surface area contributed by atoms with Crippen LogP contribution in [0.25, 0.3) is 0 Å². The van der Waals surface area contributed by atoms with Crippen LogP contribution in [0.4, 0.5) is 11.5 Å². The average Bonchev–Trinajstić information content (AvgIpc) is 2.19. The molecule has 5 nitrogen and oxygen atoms in total. The molecule has 5 heteroatoms. The third-order valence-corrected chi connectivity index (χ3v) is 2.28. The van der Waals surface area contributed by atoms with Crippen molar-refractivity contribution in [3.8, 4) is 0 Å². The first-order chi connectivity index (χ1) is 7.90. The second kappa shape index (κ2) is 5.52. The van der Waals surface area contributed by atoms with Crippen molar-refractivity contribution >= 4 is 17.4 Å². The van der Waals surface area contributed by atoms with Crippen molar-refractivity contribution in [2.45, 2.75) is 20.8 Å². The smallest absolute Gasteiger partial charge is 0.236 e. The maximum absolute atomic E-state index is 11.1. The molecule has 0 fully saturated rings. The van der Waals surface area contributed by atoms with Crippen molar-refractivity contribution in [2.24, 2.45) is 11.7 Å². The number of carbonyl (C=O) groups is 1.